The number of carbonyl (C=O) groups excluding carboxylic acids is 2. The second-order valence-corrected chi connectivity index (χ2v) is 5.08. The highest BCUT2D eigenvalue weighted by Gasteiger charge is 2.32. The summed E-state index contributed by atoms with van der Waals surface area (Å²) in [4.78, 5) is 33.4. The maximum absolute atomic E-state index is 11.7. The average molecular weight is 286 g/mol. The first-order chi connectivity index (χ1) is 9.42. The van der Waals surface area contributed by atoms with E-state index in [4.69, 9.17) is 15.6 Å². The van der Waals surface area contributed by atoms with Crippen LogP contribution in [0.1, 0.15) is 39.0 Å². The molecule has 4 N–H and O–H groups in total. The summed E-state index contributed by atoms with van der Waals surface area (Å²) in [6, 6.07) is -1.06. The van der Waals surface area contributed by atoms with Crippen LogP contribution in [-0.2, 0) is 19.1 Å². The van der Waals surface area contributed by atoms with Crippen molar-refractivity contribution in [3.8, 4) is 0 Å². The predicted molar refractivity (Wildman–Crippen MR) is 70.7 cm³/mol. The molecule has 0 aliphatic heterocycles. The van der Waals surface area contributed by atoms with E-state index in [0.717, 1.165) is 12.8 Å². The second kappa shape index (κ2) is 7.84. The number of carboxylic acid groups (broad SMARTS) is 1. The van der Waals surface area contributed by atoms with E-state index in [1.165, 1.54) is 0 Å². The number of rotatable bonds is 9. The number of carboxylic acids is 1. The van der Waals surface area contributed by atoms with E-state index >= 15 is 0 Å². The van der Waals surface area contributed by atoms with Crippen LogP contribution in [0.25, 0.3) is 0 Å². The molecule has 0 radical (unpaired) electrons. The number of hydrogen-bond donors (Lipinski definition) is 3. The first-order valence-electron chi connectivity index (χ1n) is 6.84. The average Bonchev–Trinajstić information content (AvgIpc) is 2.31. The fourth-order valence-electron chi connectivity index (χ4n) is 2.27. The third kappa shape index (κ3) is 5.56. The van der Waals surface area contributed by atoms with E-state index in [1.807, 2.05) is 6.92 Å². The van der Waals surface area contributed by atoms with Gasteiger partial charge in [0, 0.05) is 19.4 Å². The monoisotopic (exact) mass is 286 g/mol. The van der Waals surface area contributed by atoms with Crippen molar-refractivity contribution in [3.05, 3.63) is 0 Å². The fourth-order valence-corrected chi connectivity index (χ4v) is 2.27. The van der Waals surface area contributed by atoms with Gasteiger partial charge in [0.25, 0.3) is 0 Å². The molecule has 1 rings (SSSR count). The zero-order chi connectivity index (χ0) is 15.1. The van der Waals surface area contributed by atoms with Crippen molar-refractivity contribution in [1.29, 1.82) is 0 Å². The summed E-state index contributed by atoms with van der Waals surface area (Å²) >= 11 is 0. The Labute approximate surface area is 117 Å². The summed E-state index contributed by atoms with van der Waals surface area (Å²) in [6.07, 6.45) is 2.14. The number of carbonyl (C=O) groups is 3. The van der Waals surface area contributed by atoms with Gasteiger partial charge in [-0.2, -0.15) is 0 Å². The summed E-state index contributed by atoms with van der Waals surface area (Å²) in [5.74, 6) is -1.79. The van der Waals surface area contributed by atoms with E-state index in [0.29, 0.717) is 13.0 Å². The third-order valence-corrected chi connectivity index (χ3v) is 3.38. The number of amides is 2. The van der Waals surface area contributed by atoms with Crippen LogP contribution >= 0.6 is 0 Å². The Morgan fingerprint density at radius 3 is 2.55 bits per heavy atom. The van der Waals surface area contributed by atoms with Crippen LogP contribution in [0.5, 0.6) is 0 Å². The SMILES string of the molecule is CCOC1CC(CC(=O)N[C@H](CCC(N)=O)C(=O)O)C1. The minimum Gasteiger partial charge on any atom is -0.480 e. The number of nitrogens with two attached hydrogens (primary N) is 1. The lowest BCUT2D eigenvalue weighted by Gasteiger charge is -2.34. The van der Waals surface area contributed by atoms with Crippen LogP contribution < -0.4 is 11.1 Å². The maximum atomic E-state index is 11.7. The topological polar surface area (TPSA) is 119 Å². The number of hydrogen-bond acceptors (Lipinski definition) is 4. The molecule has 1 aliphatic carbocycles. The Bertz CT molecular complexity index is 366. The Hall–Kier alpha value is -1.63. The molecule has 1 fully saturated rings. The zero-order valence-electron chi connectivity index (χ0n) is 11.6. The molecule has 1 saturated carbocycles. The minimum absolute atomic E-state index is 0.0165. The van der Waals surface area contributed by atoms with E-state index in [9.17, 15) is 14.4 Å². The van der Waals surface area contributed by atoms with Crippen LogP contribution in [0.15, 0.2) is 0 Å². The molecule has 20 heavy (non-hydrogen) atoms. The Morgan fingerprint density at radius 2 is 2.05 bits per heavy atom. The highest BCUT2D eigenvalue weighted by Crippen LogP contribution is 2.32. The van der Waals surface area contributed by atoms with E-state index in [-0.39, 0.29) is 30.8 Å². The summed E-state index contributed by atoms with van der Waals surface area (Å²) in [7, 11) is 0. The molecule has 0 unspecified atom stereocenters. The van der Waals surface area contributed by atoms with Crippen molar-refractivity contribution >= 4 is 17.8 Å². The summed E-state index contributed by atoms with van der Waals surface area (Å²) in [6.45, 7) is 2.59. The molecule has 0 spiro atoms. The van der Waals surface area contributed by atoms with Gasteiger partial charge in [0.2, 0.25) is 11.8 Å². The van der Waals surface area contributed by atoms with Crippen molar-refractivity contribution in [2.45, 2.75) is 51.2 Å². The van der Waals surface area contributed by atoms with Crippen molar-refractivity contribution < 1.29 is 24.2 Å². The van der Waals surface area contributed by atoms with Gasteiger partial charge in [0.1, 0.15) is 6.04 Å². The Kier molecular flexibility index (Phi) is 6.44. The molecule has 0 saturated heterocycles. The first kappa shape index (κ1) is 16.4. The lowest BCUT2D eigenvalue weighted by atomic mass is 9.80. The molecule has 7 heteroatoms. The first-order valence-corrected chi connectivity index (χ1v) is 6.84. The van der Waals surface area contributed by atoms with E-state index in [1.54, 1.807) is 0 Å². The largest absolute Gasteiger partial charge is 0.480 e. The van der Waals surface area contributed by atoms with Gasteiger partial charge in [-0.25, -0.2) is 4.79 Å². The zero-order valence-corrected chi connectivity index (χ0v) is 11.6. The van der Waals surface area contributed by atoms with Crippen LogP contribution in [0.2, 0.25) is 0 Å². The molecule has 0 aromatic heterocycles. The number of aliphatic carboxylic acids is 1. The van der Waals surface area contributed by atoms with Crippen molar-refractivity contribution in [3.63, 3.8) is 0 Å². The molecule has 114 valence electrons. The second-order valence-electron chi connectivity index (χ2n) is 5.08. The number of ether oxygens (including phenoxy) is 1. The van der Waals surface area contributed by atoms with Gasteiger partial charge < -0.3 is 20.9 Å². The predicted octanol–water partition coefficient (Wildman–Crippen LogP) is 0.0265. The molecule has 0 aromatic rings. The van der Waals surface area contributed by atoms with Gasteiger partial charge in [0.05, 0.1) is 6.10 Å². The molecule has 2 amide bonds. The van der Waals surface area contributed by atoms with Gasteiger partial charge >= 0.3 is 5.97 Å². The Morgan fingerprint density at radius 1 is 1.40 bits per heavy atom. The fraction of sp³-hybridized carbons (Fsp3) is 0.769. The normalized spacial score (nSPS) is 22.6. The van der Waals surface area contributed by atoms with Crippen LogP contribution in [0, 0.1) is 5.92 Å². The van der Waals surface area contributed by atoms with Gasteiger partial charge in [-0.05, 0) is 32.1 Å². The standard InChI is InChI=1S/C13H22N2O5/c1-2-20-9-5-8(6-9)7-12(17)15-10(13(18)19)3-4-11(14)16/h8-10H,2-7H2,1H3,(H2,14,16)(H,15,17)(H,18,19)/t8?,9?,10-/m1/s1. The van der Waals surface area contributed by atoms with Gasteiger partial charge in [-0.1, -0.05) is 0 Å². The molecule has 1 aliphatic rings. The molecule has 1 atom stereocenters. The maximum Gasteiger partial charge on any atom is 0.326 e. The molecule has 0 heterocycles. The molecular formula is C13H22N2O5. The van der Waals surface area contributed by atoms with Gasteiger partial charge in [-0.3, -0.25) is 9.59 Å². The Balaban J connectivity index is 2.28. The van der Waals surface area contributed by atoms with Crippen molar-refractivity contribution in [2.75, 3.05) is 6.61 Å². The van der Waals surface area contributed by atoms with E-state index in [2.05, 4.69) is 5.32 Å². The van der Waals surface area contributed by atoms with Crippen LogP contribution in [-0.4, -0.2) is 41.6 Å². The highest BCUT2D eigenvalue weighted by atomic mass is 16.5. The van der Waals surface area contributed by atoms with Crippen molar-refractivity contribution in [1.82, 2.24) is 5.32 Å². The lowest BCUT2D eigenvalue weighted by Crippen LogP contribution is -2.43. The van der Waals surface area contributed by atoms with Crippen LogP contribution in [0.3, 0.4) is 0 Å². The van der Waals surface area contributed by atoms with Gasteiger partial charge in [0.15, 0.2) is 0 Å². The van der Waals surface area contributed by atoms with Gasteiger partial charge in [-0.15, -0.1) is 0 Å². The van der Waals surface area contributed by atoms with Crippen molar-refractivity contribution in [2.24, 2.45) is 11.7 Å². The summed E-state index contributed by atoms with van der Waals surface area (Å²) < 4.78 is 5.40. The van der Waals surface area contributed by atoms with E-state index < -0.39 is 17.9 Å². The number of nitrogens with one attached hydrogen (secondary N) is 1. The third-order valence-electron chi connectivity index (χ3n) is 3.38. The number of primary amides is 1. The minimum atomic E-state index is -1.15. The highest BCUT2D eigenvalue weighted by molar-refractivity contribution is 5.84. The smallest absolute Gasteiger partial charge is 0.326 e. The summed E-state index contributed by atoms with van der Waals surface area (Å²) in [5, 5.41) is 11.4. The molecule has 0 bridgehead atoms. The van der Waals surface area contributed by atoms with Crippen LogP contribution in [0.4, 0.5) is 0 Å². The molecule has 0 aromatic carbocycles. The summed E-state index contributed by atoms with van der Waals surface area (Å²) in [5.41, 5.74) is 4.97. The lowest BCUT2D eigenvalue weighted by molar-refractivity contribution is -0.142. The molecular weight excluding hydrogens is 264 g/mol. The molecule has 7 nitrogen and oxygen atoms in total. The quantitative estimate of drug-likeness (QED) is 0.552.